The molecule has 1 aliphatic carbocycles. The molecule has 6 nitrogen and oxygen atoms in total. The van der Waals surface area contributed by atoms with Crippen LogP contribution in [-0.2, 0) is 13.1 Å². The van der Waals surface area contributed by atoms with E-state index in [2.05, 4.69) is 49.7 Å². The molecule has 3 fully saturated rings. The van der Waals surface area contributed by atoms with Gasteiger partial charge in [-0.2, -0.15) is 0 Å². The molecule has 2 saturated heterocycles. The van der Waals surface area contributed by atoms with E-state index in [9.17, 15) is 5.11 Å². The molecule has 0 bridgehead atoms. The van der Waals surface area contributed by atoms with Crippen molar-refractivity contribution in [3.63, 3.8) is 0 Å². The van der Waals surface area contributed by atoms with Crippen LogP contribution >= 0.6 is 0 Å². The van der Waals surface area contributed by atoms with Crippen molar-refractivity contribution in [2.24, 2.45) is 4.99 Å². The quantitative estimate of drug-likeness (QED) is 0.504. The number of hydrogen-bond donors (Lipinski definition) is 3. The fraction of sp³-hybridized carbons (Fsp3) is 0.696. The molecule has 0 atom stereocenters. The van der Waals surface area contributed by atoms with Gasteiger partial charge in [-0.3, -0.25) is 9.89 Å². The third-order valence-electron chi connectivity index (χ3n) is 6.60. The summed E-state index contributed by atoms with van der Waals surface area (Å²) in [4.78, 5) is 9.50. The fourth-order valence-corrected chi connectivity index (χ4v) is 4.52. The highest BCUT2D eigenvalue weighted by Crippen LogP contribution is 2.29. The SMILES string of the molecule is CN=C(NCc1ccc(CN2CCC(O)CC2)cc1)NC1CCN(C2CC2)CC1. The van der Waals surface area contributed by atoms with E-state index < -0.39 is 0 Å². The van der Waals surface area contributed by atoms with Crippen LogP contribution < -0.4 is 10.6 Å². The van der Waals surface area contributed by atoms with Crippen molar-refractivity contribution in [1.82, 2.24) is 20.4 Å². The first-order valence-corrected chi connectivity index (χ1v) is 11.4. The lowest BCUT2D eigenvalue weighted by molar-refractivity contribution is 0.0792. The van der Waals surface area contributed by atoms with Crippen molar-refractivity contribution in [2.45, 2.75) is 69.8 Å². The van der Waals surface area contributed by atoms with Gasteiger partial charge in [0.2, 0.25) is 0 Å². The minimum atomic E-state index is -0.103. The molecule has 160 valence electrons. The summed E-state index contributed by atoms with van der Waals surface area (Å²) in [5.41, 5.74) is 2.62. The highest BCUT2D eigenvalue weighted by molar-refractivity contribution is 5.79. The van der Waals surface area contributed by atoms with Crippen LogP contribution in [0.3, 0.4) is 0 Å². The summed E-state index contributed by atoms with van der Waals surface area (Å²) in [6, 6.07) is 10.3. The van der Waals surface area contributed by atoms with Crippen LogP contribution in [0.2, 0.25) is 0 Å². The zero-order valence-electron chi connectivity index (χ0n) is 17.8. The Hall–Kier alpha value is -1.63. The van der Waals surface area contributed by atoms with Crippen LogP contribution in [0.4, 0.5) is 0 Å². The van der Waals surface area contributed by atoms with Gasteiger partial charge < -0.3 is 20.6 Å². The average molecular weight is 400 g/mol. The van der Waals surface area contributed by atoms with E-state index in [0.29, 0.717) is 6.04 Å². The molecule has 3 aliphatic rings. The van der Waals surface area contributed by atoms with E-state index in [1.54, 1.807) is 0 Å². The van der Waals surface area contributed by atoms with E-state index >= 15 is 0 Å². The van der Waals surface area contributed by atoms with Crippen LogP contribution in [0.15, 0.2) is 29.3 Å². The summed E-state index contributed by atoms with van der Waals surface area (Å²) >= 11 is 0. The zero-order chi connectivity index (χ0) is 20.1. The summed E-state index contributed by atoms with van der Waals surface area (Å²) < 4.78 is 0. The third-order valence-corrected chi connectivity index (χ3v) is 6.60. The molecule has 0 spiro atoms. The Morgan fingerprint density at radius 1 is 0.966 bits per heavy atom. The number of piperidine rings is 2. The molecule has 2 heterocycles. The summed E-state index contributed by atoms with van der Waals surface area (Å²) in [6.07, 6.45) is 6.91. The number of guanidine groups is 1. The number of benzene rings is 1. The first-order valence-electron chi connectivity index (χ1n) is 11.4. The summed E-state index contributed by atoms with van der Waals surface area (Å²) in [6.45, 7) is 6.19. The summed E-state index contributed by atoms with van der Waals surface area (Å²) in [7, 11) is 1.85. The molecule has 3 N–H and O–H groups in total. The second-order valence-corrected chi connectivity index (χ2v) is 8.94. The molecule has 29 heavy (non-hydrogen) atoms. The Morgan fingerprint density at radius 3 is 2.24 bits per heavy atom. The maximum Gasteiger partial charge on any atom is 0.191 e. The van der Waals surface area contributed by atoms with E-state index in [0.717, 1.165) is 51.0 Å². The van der Waals surface area contributed by atoms with Gasteiger partial charge in [0.25, 0.3) is 0 Å². The summed E-state index contributed by atoms with van der Waals surface area (Å²) in [5, 5.41) is 16.7. The zero-order valence-corrected chi connectivity index (χ0v) is 17.8. The van der Waals surface area contributed by atoms with Gasteiger partial charge in [0.1, 0.15) is 0 Å². The molecule has 0 radical (unpaired) electrons. The first-order chi connectivity index (χ1) is 14.2. The molecule has 0 aromatic heterocycles. The van der Waals surface area contributed by atoms with Crippen LogP contribution in [-0.4, -0.2) is 72.3 Å². The number of rotatable bonds is 6. The molecule has 1 aromatic rings. The predicted octanol–water partition coefficient (Wildman–Crippen LogP) is 1.94. The normalized spacial score (nSPS) is 23.3. The first kappa shape index (κ1) is 20.6. The molecule has 1 aromatic carbocycles. The van der Waals surface area contributed by atoms with Crippen molar-refractivity contribution in [2.75, 3.05) is 33.2 Å². The number of aliphatic hydroxyl groups excluding tert-OH is 1. The Bertz CT molecular complexity index is 656. The van der Waals surface area contributed by atoms with Gasteiger partial charge in [0.15, 0.2) is 5.96 Å². The van der Waals surface area contributed by atoms with Crippen LogP contribution in [0.5, 0.6) is 0 Å². The standard InChI is InChI=1S/C23H37N5O/c1-24-23(26-20-8-14-28(15-9-20)21-6-7-21)25-16-18-2-4-19(5-3-18)17-27-12-10-22(29)11-13-27/h2-5,20-22,29H,6-17H2,1H3,(H2,24,25,26). The highest BCUT2D eigenvalue weighted by atomic mass is 16.3. The highest BCUT2D eigenvalue weighted by Gasteiger charge is 2.31. The topological polar surface area (TPSA) is 63.1 Å². The molecular formula is C23H37N5O. The minimum absolute atomic E-state index is 0.103. The lowest BCUT2D eigenvalue weighted by Crippen LogP contribution is -2.48. The molecule has 2 aliphatic heterocycles. The van der Waals surface area contributed by atoms with E-state index in [4.69, 9.17) is 0 Å². The smallest absolute Gasteiger partial charge is 0.191 e. The van der Waals surface area contributed by atoms with Crippen LogP contribution in [0.1, 0.15) is 49.7 Å². The van der Waals surface area contributed by atoms with Gasteiger partial charge in [-0.1, -0.05) is 24.3 Å². The van der Waals surface area contributed by atoms with E-state index in [1.165, 1.54) is 49.9 Å². The van der Waals surface area contributed by atoms with E-state index in [-0.39, 0.29) is 6.10 Å². The third kappa shape index (κ3) is 6.17. The predicted molar refractivity (Wildman–Crippen MR) is 118 cm³/mol. The lowest BCUT2D eigenvalue weighted by Gasteiger charge is -2.33. The van der Waals surface area contributed by atoms with Gasteiger partial charge in [0.05, 0.1) is 6.10 Å². The summed E-state index contributed by atoms with van der Waals surface area (Å²) in [5.74, 6) is 0.908. The number of nitrogens with one attached hydrogen (secondary N) is 2. The molecule has 0 unspecified atom stereocenters. The lowest BCUT2D eigenvalue weighted by atomic mass is 10.1. The second-order valence-electron chi connectivity index (χ2n) is 8.94. The minimum Gasteiger partial charge on any atom is -0.393 e. The fourth-order valence-electron chi connectivity index (χ4n) is 4.52. The Morgan fingerprint density at radius 2 is 1.62 bits per heavy atom. The van der Waals surface area contributed by atoms with E-state index in [1.807, 2.05) is 7.05 Å². The number of hydrogen-bond acceptors (Lipinski definition) is 4. The second kappa shape index (κ2) is 9.92. The molecular weight excluding hydrogens is 362 g/mol. The maximum atomic E-state index is 9.64. The number of aliphatic imine (C=N–C) groups is 1. The van der Waals surface area contributed by atoms with Gasteiger partial charge in [-0.25, -0.2) is 0 Å². The number of nitrogens with zero attached hydrogens (tertiary/aromatic N) is 3. The largest absolute Gasteiger partial charge is 0.393 e. The average Bonchev–Trinajstić information content (AvgIpc) is 3.60. The van der Waals surface area contributed by atoms with Gasteiger partial charge in [0, 0.05) is 58.4 Å². The molecule has 0 amide bonds. The number of likely N-dealkylation sites (tertiary alicyclic amines) is 2. The number of aliphatic hydroxyl groups is 1. The van der Waals surface area contributed by atoms with Crippen LogP contribution in [0.25, 0.3) is 0 Å². The van der Waals surface area contributed by atoms with Crippen molar-refractivity contribution in [3.8, 4) is 0 Å². The Labute approximate surface area is 175 Å². The van der Waals surface area contributed by atoms with Crippen LogP contribution in [0, 0.1) is 0 Å². The van der Waals surface area contributed by atoms with Gasteiger partial charge in [-0.15, -0.1) is 0 Å². The molecule has 1 saturated carbocycles. The molecule has 6 heteroatoms. The maximum absolute atomic E-state index is 9.64. The van der Waals surface area contributed by atoms with Gasteiger partial charge in [-0.05, 0) is 49.7 Å². The van der Waals surface area contributed by atoms with Crippen molar-refractivity contribution in [3.05, 3.63) is 35.4 Å². The van der Waals surface area contributed by atoms with Crippen molar-refractivity contribution >= 4 is 5.96 Å². The van der Waals surface area contributed by atoms with Crippen molar-refractivity contribution < 1.29 is 5.11 Å². The van der Waals surface area contributed by atoms with Gasteiger partial charge >= 0.3 is 0 Å². The Balaban J connectivity index is 1.18. The Kier molecular flexibility index (Phi) is 7.06. The molecule has 4 rings (SSSR count). The van der Waals surface area contributed by atoms with Crippen molar-refractivity contribution in [1.29, 1.82) is 0 Å². The monoisotopic (exact) mass is 399 g/mol.